The van der Waals surface area contributed by atoms with Gasteiger partial charge in [-0.3, -0.25) is 0 Å². The third-order valence-electron chi connectivity index (χ3n) is 2.58. The molecule has 0 bridgehead atoms. The van der Waals surface area contributed by atoms with Gasteiger partial charge >= 0.3 is 0 Å². The van der Waals surface area contributed by atoms with E-state index in [2.05, 4.69) is 24.4 Å². The van der Waals surface area contributed by atoms with Crippen molar-refractivity contribution in [2.45, 2.75) is 19.4 Å². The van der Waals surface area contributed by atoms with Crippen LogP contribution in [0.15, 0.2) is 36.4 Å². The summed E-state index contributed by atoms with van der Waals surface area (Å²) in [6.07, 6.45) is 1.000. The number of hydrogen-bond donors (Lipinski definition) is 1. The van der Waals surface area contributed by atoms with Crippen molar-refractivity contribution in [3.8, 4) is 6.07 Å². The van der Waals surface area contributed by atoms with Crippen LogP contribution in [0.5, 0.6) is 0 Å². The second-order valence-corrected chi connectivity index (χ2v) is 5.51. The highest BCUT2D eigenvalue weighted by atomic mass is 35.5. The number of thiophene rings is 1. The predicted octanol–water partition coefficient (Wildman–Crippen LogP) is 4.64. The van der Waals surface area contributed by atoms with Gasteiger partial charge in [0.1, 0.15) is 6.04 Å². The molecular weight excluding hydrogens is 264 g/mol. The summed E-state index contributed by atoms with van der Waals surface area (Å²) in [5, 5.41) is 13.1. The molecule has 1 aromatic carbocycles. The number of anilines is 1. The summed E-state index contributed by atoms with van der Waals surface area (Å²) in [4.78, 5) is 2.33. The van der Waals surface area contributed by atoms with Gasteiger partial charge in [-0.25, -0.2) is 0 Å². The molecule has 0 saturated heterocycles. The SMILES string of the molecule is CCc1ccc(C(C#N)Nc2cccc(Cl)c2)s1. The van der Waals surface area contributed by atoms with E-state index in [9.17, 15) is 5.26 Å². The largest absolute Gasteiger partial charge is 0.365 e. The highest BCUT2D eigenvalue weighted by molar-refractivity contribution is 7.12. The third-order valence-corrected chi connectivity index (χ3v) is 4.11. The van der Waals surface area contributed by atoms with Crippen LogP contribution in [0, 0.1) is 11.3 Å². The summed E-state index contributed by atoms with van der Waals surface area (Å²) in [6, 6.07) is 13.4. The van der Waals surface area contributed by atoms with Crippen LogP contribution in [0.3, 0.4) is 0 Å². The van der Waals surface area contributed by atoms with Gasteiger partial charge in [0.15, 0.2) is 0 Å². The van der Waals surface area contributed by atoms with Crippen LogP contribution < -0.4 is 5.32 Å². The van der Waals surface area contributed by atoms with E-state index in [1.807, 2.05) is 30.3 Å². The zero-order valence-corrected chi connectivity index (χ0v) is 11.6. The van der Waals surface area contributed by atoms with E-state index in [4.69, 9.17) is 11.6 Å². The first-order valence-corrected chi connectivity index (χ1v) is 6.92. The third kappa shape index (κ3) is 3.04. The normalized spacial score (nSPS) is 11.8. The van der Waals surface area contributed by atoms with Gasteiger partial charge in [0.2, 0.25) is 0 Å². The van der Waals surface area contributed by atoms with E-state index in [0.717, 1.165) is 17.0 Å². The molecule has 1 N–H and O–H groups in total. The van der Waals surface area contributed by atoms with Crippen LogP contribution in [0.1, 0.15) is 22.7 Å². The summed E-state index contributed by atoms with van der Waals surface area (Å²) in [6.45, 7) is 2.11. The minimum absolute atomic E-state index is 0.325. The molecule has 2 rings (SSSR count). The molecule has 1 heterocycles. The lowest BCUT2D eigenvalue weighted by atomic mass is 10.2. The molecule has 2 nitrogen and oxygen atoms in total. The lowest BCUT2D eigenvalue weighted by Gasteiger charge is -2.11. The molecule has 0 radical (unpaired) electrons. The zero-order chi connectivity index (χ0) is 13.0. The standard InChI is InChI=1S/C14H13ClN2S/c1-2-12-6-7-14(18-12)13(9-16)17-11-5-3-4-10(15)8-11/h3-8,13,17H,2H2,1H3. The highest BCUT2D eigenvalue weighted by Gasteiger charge is 2.12. The molecule has 0 amide bonds. The zero-order valence-electron chi connectivity index (χ0n) is 9.98. The maximum atomic E-state index is 9.25. The Labute approximate surface area is 116 Å². The van der Waals surface area contributed by atoms with Gasteiger partial charge in [0.25, 0.3) is 0 Å². The summed E-state index contributed by atoms with van der Waals surface area (Å²) >= 11 is 7.59. The number of halogens is 1. The average molecular weight is 277 g/mol. The first-order valence-electron chi connectivity index (χ1n) is 5.73. The van der Waals surface area contributed by atoms with E-state index in [-0.39, 0.29) is 6.04 Å². The van der Waals surface area contributed by atoms with Crippen LogP contribution >= 0.6 is 22.9 Å². The smallest absolute Gasteiger partial charge is 0.149 e. The topological polar surface area (TPSA) is 35.8 Å². The molecule has 92 valence electrons. The van der Waals surface area contributed by atoms with Gasteiger partial charge in [0, 0.05) is 20.5 Å². The fourth-order valence-electron chi connectivity index (χ4n) is 1.65. The van der Waals surface area contributed by atoms with Crippen LogP contribution in [-0.4, -0.2) is 0 Å². The Morgan fingerprint density at radius 2 is 2.22 bits per heavy atom. The number of aryl methyl sites for hydroxylation is 1. The van der Waals surface area contributed by atoms with E-state index in [1.165, 1.54) is 4.88 Å². The Kier molecular flexibility index (Phi) is 4.24. The maximum absolute atomic E-state index is 9.25. The minimum atomic E-state index is -0.325. The maximum Gasteiger partial charge on any atom is 0.149 e. The van der Waals surface area contributed by atoms with Crippen molar-refractivity contribution in [3.05, 3.63) is 51.2 Å². The number of nitrogens with one attached hydrogen (secondary N) is 1. The summed E-state index contributed by atoms with van der Waals surface area (Å²) in [5.74, 6) is 0. The summed E-state index contributed by atoms with van der Waals surface area (Å²) in [5.41, 5.74) is 0.862. The lowest BCUT2D eigenvalue weighted by molar-refractivity contribution is 1.03. The van der Waals surface area contributed by atoms with Crippen molar-refractivity contribution in [2.24, 2.45) is 0 Å². The van der Waals surface area contributed by atoms with Crippen molar-refractivity contribution >= 4 is 28.6 Å². The van der Waals surface area contributed by atoms with Gasteiger partial charge in [-0.1, -0.05) is 24.6 Å². The number of benzene rings is 1. The van der Waals surface area contributed by atoms with Gasteiger partial charge < -0.3 is 5.32 Å². The first kappa shape index (κ1) is 12.9. The van der Waals surface area contributed by atoms with E-state index >= 15 is 0 Å². The molecule has 4 heteroatoms. The highest BCUT2D eigenvalue weighted by Crippen LogP contribution is 2.27. The van der Waals surface area contributed by atoms with Crippen LogP contribution in [-0.2, 0) is 6.42 Å². The molecule has 0 aliphatic heterocycles. The Bertz CT molecular complexity index is 571. The second kappa shape index (κ2) is 5.90. The lowest BCUT2D eigenvalue weighted by Crippen LogP contribution is -2.06. The molecule has 1 aromatic heterocycles. The molecule has 0 spiro atoms. The van der Waals surface area contributed by atoms with Crippen molar-refractivity contribution in [2.75, 3.05) is 5.32 Å². The van der Waals surface area contributed by atoms with Crippen LogP contribution in [0.2, 0.25) is 5.02 Å². The molecule has 0 aliphatic carbocycles. The second-order valence-electron chi connectivity index (χ2n) is 3.87. The number of rotatable bonds is 4. The van der Waals surface area contributed by atoms with Crippen LogP contribution in [0.25, 0.3) is 0 Å². The molecule has 18 heavy (non-hydrogen) atoms. The fourth-order valence-corrected chi connectivity index (χ4v) is 2.79. The Balaban J connectivity index is 2.17. The van der Waals surface area contributed by atoms with Gasteiger partial charge in [-0.2, -0.15) is 5.26 Å². The number of nitriles is 1. The van der Waals surface area contributed by atoms with Crippen molar-refractivity contribution in [3.63, 3.8) is 0 Å². The quantitative estimate of drug-likeness (QED) is 0.883. The predicted molar refractivity (Wildman–Crippen MR) is 77.1 cm³/mol. The molecule has 1 unspecified atom stereocenters. The molecule has 0 fully saturated rings. The Morgan fingerprint density at radius 1 is 1.39 bits per heavy atom. The summed E-state index contributed by atoms with van der Waals surface area (Å²) < 4.78 is 0. The minimum Gasteiger partial charge on any atom is -0.365 e. The average Bonchev–Trinajstić information content (AvgIpc) is 2.84. The Morgan fingerprint density at radius 3 is 2.83 bits per heavy atom. The molecular formula is C14H13ClN2S. The van der Waals surface area contributed by atoms with Crippen LogP contribution in [0.4, 0.5) is 5.69 Å². The molecule has 1 atom stereocenters. The van der Waals surface area contributed by atoms with Crippen molar-refractivity contribution in [1.29, 1.82) is 5.26 Å². The number of nitrogens with zero attached hydrogens (tertiary/aromatic N) is 1. The van der Waals surface area contributed by atoms with Crippen molar-refractivity contribution in [1.82, 2.24) is 0 Å². The van der Waals surface area contributed by atoms with Gasteiger partial charge in [-0.15, -0.1) is 11.3 Å². The molecule has 0 aliphatic rings. The van der Waals surface area contributed by atoms with Crippen molar-refractivity contribution < 1.29 is 0 Å². The monoisotopic (exact) mass is 276 g/mol. The fraction of sp³-hybridized carbons (Fsp3) is 0.214. The molecule has 0 saturated carbocycles. The first-order chi connectivity index (χ1) is 8.72. The number of hydrogen-bond acceptors (Lipinski definition) is 3. The molecule has 2 aromatic rings. The summed E-state index contributed by atoms with van der Waals surface area (Å²) in [7, 11) is 0. The van der Waals surface area contributed by atoms with Gasteiger partial charge in [-0.05, 0) is 36.8 Å². The van der Waals surface area contributed by atoms with E-state index in [1.54, 1.807) is 11.3 Å². The van der Waals surface area contributed by atoms with E-state index < -0.39 is 0 Å². The Hall–Kier alpha value is -1.50. The van der Waals surface area contributed by atoms with Gasteiger partial charge in [0.05, 0.1) is 6.07 Å². The van der Waals surface area contributed by atoms with E-state index in [0.29, 0.717) is 5.02 Å².